The summed E-state index contributed by atoms with van der Waals surface area (Å²) >= 11 is 1.46. The summed E-state index contributed by atoms with van der Waals surface area (Å²) in [7, 11) is -3.53. The van der Waals surface area contributed by atoms with Gasteiger partial charge < -0.3 is 10.1 Å². The maximum absolute atomic E-state index is 12.8. The van der Waals surface area contributed by atoms with Crippen LogP contribution in [-0.2, 0) is 32.4 Å². The van der Waals surface area contributed by atoms with Crippen molar-refractivity contribution in [1.29, 1.82) is 0 Å². The molecule has 1 saturated heterocycles. The molecule has 2 heterocycles. The Bertz CT molecular complexity index is 1090. The molecule has 1 aromatic carbocycles. The van der Waals surface area contributed by atoms with Crippen molar-refractivity contribution in [3.05, 3.63) is 46.3 Å². The van der Waals surface area contributed by atoms with Crippen molar-refractivity contribution >= 4 is 38.2 Å². The van der Waals surface area contributed by atoms with Crippen LogP contribution >= 0.6 is 11.3 Å². The minimum Gasteiger partial charge on any atom is -0.462 e. The lowest BCUT2D eigenvalue weighted by molar-refractivity contribution is -0.117. The third kappa shape index (κ3) is 4.73. The fourth-order valence-electron chi connectivity index (χ4n) is 4.15. The van der Waals surface area contributed by atoms with Crippen molar-refractivity contribution in [2.45, 2.75) is 31.1 Å². The van der Waals surface area contributed by atoms with E-state index in [4.69, 9.17) is 4.74 Å². The topological polar surface area (TPSA) is 96.0 Å². The van der Waals surface area contributed by atoms with Crippen LogP contribution in [0, 0.1) is 0 Å². The largest absolute Gasteiger partial charge is 0.462 e. The molecule has 1 aliphatic heterocycles. The zero-order chi connectivity index (χ0) is 22.7. The van der Waals surface area contributed by atoms with Crippen LogP contribution in [0.4, 0.5) is 5.00 Å². The Hall–Kier alpha value is -2.27. The number of nitrogens with one attached hydrogen (secondary N) is 1. The second-order valence-corrected chi connectivity index (χ2v) is 10.9. The molecule has 0 radical (unpaired) electrons. The van der Waals surface area contributed by atoms with Crippen LogP contribution in [0.2, 0.25) is 0 Å². The van der Waals surface area contributed by atoms with Crippen molar-refractivity contribution in [2.24, 2.45) is 0 Å². The number of thiophene rings is 1. The smallest absolute Gasteiger partial charge is 0.341 e. The Morgan fingerprint density at radius 1 is 1.09 bits per heavy atom. The van der Waals surface area contributed by atoms with Crippen molar-refractivity contribution in [2.75, 3.05) is 44.6 Å². The van der Waals surface area contributed by atoms with Gasteiger partial charge in [-0.3, -0.25) is 9.69 Å². The minimum atomic E-state index is -3.53. The predicted octanol–water partition coefficient (Wildman–Crippen LogP) is 2.36. The van der Waals surface area contributed by atoms with Gasteiger partial charge in [0.1, 0.15) is 5.00 Å². The van der Waals surface area contributed by atoms with Crippen LogP contribution < -0.4 is 5.32 Å². The molecular formula is C22H27N3O5S2. The van der Waals surface area contributed by atoms with E-state index in [9.17, 15) is 18.0 Å². The highest BCUT2D eigenvalue weighted by atomic mass is 32.2. The van der Waals surface area contributed by atoms with Gasteiger partial charge in [0, 0.05) is 31.1 Å². The first-order chi connectivity index (χ1) is 15.4. The molecule has 2 aromatic rings. The number of hydrogen-bond donors (Lipinski definition) is 1. The first kappa shape index (κ1) is 22.9. The monoisotopic (exact) mass is 477 g/mol. The number of piperazine rings is 1. The third-order valence-corrected chi connectivity index (χ3v) is 8.85. The maximum Gasteiger partial charge on any atom is 0.341 e. The Kier molecular flexibility index (Phi) is 6.94. The molecule has 1 aliphatic carbocycles. The van der Waals surface area contributed by atoms with E-state index in [-0.39, 0.29) is 29.9 Å². The van der Waals surface area contributed by atoms with Gasteiger partial charge in [-0.05, 0) is 43.9 Å². The normalized spacial score (nSPS) is 17.2. The lowest BCUT2D eigenvalue weighted by atomic mass is 10.1. The summed E-state index contributed by atoms with van der Waals surface area (Å²) in [5.41, 5.74) is 1.50. The van der Waals surface area contributed by atoms with E-state index >= 15 is 0 Å². The highest BCUT2D eigenvalue weighted by Gasteiger charge is 2.31. The summed E-state index contributed by atoms with van der Waals surface area (Å²) in [6.45, 7) is 3.77. The van der Waals surface area contributed by atoms with Crippen LogP contribution in [-0.4, -0.2) is 68.8 Å². The number of hydrogen-bond acceptors (Lipinski definition) is 7. The number of ether oxygens (including phenoxy) is 1. The molecular weight excluding hydrogens is 450 g/mol. The first-order valence-electron chi connectivity index (χ1n) is 10.8. The van der Waals surface area contributed by atoms with Crippen molar-refractivity contribution in [1.82, 2.24) is 9.21 Å². The van der Waals surface area contributed by atoms with Gasteiger partial charge in [-0.25, -0.2) is 13.2 Å². The zero-order valence-corrected chi connectivity index (χ0v) is 19.6. The number of nitrogens with zero attached hydrogens (tertiary/aromatic N) is 2. The molecule has 0 unspecified atom stereocenters. The second kappa shape index (κ2) is 9.70. The van der Waals surface area contributed by atoms with Crippen molar-refractivity contribution in [3.8, 4) is 0 Å². The predicted molar refractivity (Wildman–Crippen MR) is 123 cm³/mol. The highest BCUT2D eigenvalue weighted by Crippen LogP contribution is 2.39. The molecule has 1 N–H and O–H groups in total. The molecule has 0 atom stereocenters. The van der Waals surface area contributed by atoms with E-state index in [2.05, 4.69) is 5.32 Å². The molecule has 10 heteroatoms. The van der Waals surface area contributed by atoms with Gasteiger partial charge in [0.15, 0.2) is 0 Å². The number of carbonyl (C=O) groups excluding carboxylic acids is 2. The first-order valence-corrected chi connectivity index (χ1v) is 13.0. The number of amides is 1. The Balaban J connectivity index is 1.36. The fraction of sp³-hybridized carbons (Fsp3) is 0.455. The number of carbonyl (C=O) groups is 2. The summed E-state index contributed by atoms with van der Waals surface area (Å²) < 4.78 is 32.2. The van der Waals surface area contributed by atoms with Crippen molar-refractivity contribution < 1.29 is 22.7 Å². The van der Waals surface area contributed by atoms with Gasteiger partial charge in [-0.1, -0.05) is 18.2 Å². The molecule has 32 heavy (non-hydrogen) atoms. The number of fused-ring (bicyclic) bond motifs is 1. The standard InChI is InChI=1S/C22H27N3O5S2/c1-2-30-22(27)20-17-9-6-10-18(17)31-21(20)23-19(26)15-24-11-13-25(14-12-24)32(28,29)16-7-4-3-5-8-16/h3-5,7-8H,2,6,9-15H2,1H3,(H,23,26). The molecule has 1 aromatic heterocycles. The minimum absolute atomic E-state index is 0.143. The summed E-state index contributed by atoms with van der Waals surface area (Å²) in [6, 6.07) is 8.38. The SMILES string of the molecule is CCOC(=O)c1c(NC(=O)CN2CCN(S(=O)(=O)c3ccccc3)CC2)sc2c1CCC2. The molecule has 4 rings (SSSR count). The van der Waals surface area contributed by atoms with Crippen LogP contribution in [0.15, 0.2) is 35.2 Å². The molecule has 2 aliphatic rings. The number of rotatable bonds is 7. The number of sulfonamides is 1. The fourth-order valence-corrected chi connectivity index (χ4v) is 6.89. The van der Waals surface area contributed by atoms with E-state index in [1.165, 1.54) is 15.6 Å². The molecule has 0 saturated carbocycles. The Morgan fingerprint density at radius 2 is 1.81 bits per heavy atom. The second-order valence-electron chi connectivity index (χ2n) is 7.82. The van der Waals surface area contributed by atoms with Crippen LogP contribution in [0.25, 0.3) is 0 Å². The summed E-state index contributed by atoms with van der Waals surface area (Å²) in [6.07, 6.45) is 2.76. The molecule has 8 nitrogen and oxygen atoms in total. The number of aryl methyl sites for hydroxylation is 1. The quantitative estimate of drug-likeness (QED) is 0.615. The molecule has 172 valence electrons. The Morgan fingerprint density at radius 3 is 2.50 bits per heavy atom. The van der Waals surface area contributed by atoms with E-state index in [1.54, 1.807) is 37.3 Å². The summed E-state index contributed by atoms with van der Waals surface area (Å²) in [5, 5.41) is 3.46. The van der Waals surface area contributed by atoms with Gasteiger partial charge in [-0.15, -0.1) is 11.3 Å². The lowest BCUT2D eigenvalue weighted by Gasteiger charge is -2.33. The molecule has 0 spiro atoms. The van der Waals surface area contributed by atoms with E-state index in [0.717, 1.165) is 29.7 Å². The lowest BCUT2D eigenvalue weighted by Crippen LogP contribution is -2.50. The van der Waals surface area contributed by atoms with Crippen LogP contribution in [0.3, 0.4) is 0 Å². The average Bonchev–Trinajstić information content (AvgIpc) is 3.35. The Labute approximate surface area is 192 Å². The highest BCUT2D eigenvalue weighted by molar-refractivity contribution is 7.89. The van der Waals surface area contributed by atoms with Gasteiger partial charge in [0.25, 0.3) is 0 Å². The maximum atomic E-state index is 12.8. The van der Waals surface area contributed by atoms with Gasteiger partial charge in [0.2, 0.25) is 15.9 Å². The average molecular weight is 478 g/mol. The van der Waals surface area contributed by atoms with Gasteiger partial charge in [-0.2, -0.15) is 4.31 Å². The third-order valence-electron chi connectivity index (χ3n) is 5.73. The van der Waals surface area contributed by atoms with E-state index in [0.29, 0.717) is 36.7 Å². The van der Waals surface area contributed by atoms with Gasteiger partial charge >= 0.3 is 5.97 Å². The molecule has 1 fully saturated rings. The van der Waals surface area contributed by atoms with Crippen LogP contribution in [0.1, 0.15) is 34.1 Å². The van der Waals surface area contributed by atoms with Crippen LogP contribution in [0.5, 0.6) is 0 Å². The molecule has 0 bridgehead atoms. The summed E-state index contributed by atoms with van der Waals surface area (Å²) in [4.78, 5) is 28.5. The number of benzene rings is 1. The van der Waals surface area contributed by atoms with E-state index in [1.807, 2.05) is 4.90 Å². The van der Waals surface area contributed by atoms with Crippen molar-refractivity contribution in [3.63, 3.8) is 0 Å². The van der Waals surface area contributed by atoms with Gasteiger partial charge in [0.05, 0.1) is 23.6 Å². The summed E-state index contributed by atoms with van der Waals surface area (Å²) in [5.74, 6) is -0.600. The number of anilines is 1. The number of esters is 1. The molecule has 1 amide bonds. The zero-order valence-electron chi connectivity index (χ0n) is 18.0. The van der Waals surface area contributed by atoms with E-state index < -0.39 is 10.0 Å².